The fourth-order valence-electron chi connectivity index (χ4n) is 10.4. The second-order valence-electron chi connectivity index (χ2n) is 16.8. The first kappa shape index (κ1) is 37.3. The molecule has 12 rings (SSSR count). The van der Waals surface area contributed by atoms with Gasteiger partial charge in [-0.1, -0.05) is 194 Å². The van der Waals surface area contributed by atoms with E-state index in [9.17, 15) is 0 Å². The summed E-state index contributed by atoms with van der Waals surface area (Å²) in [6.45, 7) is 0. The first-order chi connectivity index (χ1) is 31.2. The highest BCUT2D eigenvalue weighted by molar-refractivity contribution is 7.20. The topological polar surface area (TPSA) is 3.24 Å². The van der Waals surface area contributed by atoms with Gasteiger partial charge in [0.1, 0.15) is 0 Å². The number of anilines is 3. The highest BCUT2D eigenvalue weighted by atomic mass is 32.1. The molecule has 0 spiro atoms. The molecule has 0 fully saturated rings. The SMILES string of the molecule is C1=CC(c2cccc(-c3ccc(N(c4ccc(C5(c6ccccc6)c6ccccc6-c6ccccc65)cc4)c4cccc(-c5ccccc5)c4)cc3)c2)Cc2c1sc1ccccc21. The normalized spacial score (nSPS) is 14.5. The van der Waals surface area contributed by atoms with Gasteiger partial charge in [-0.25, -0.2) is 0 Å². The summed E-state index contributed by atoms with van der Waals surface area (Å²) in [5.41, 5.74) is 18.3. The molecule has 2 aliphatic rings. The first-order valence-corrected chi connectivity index (χ1v) is 22.7. The Morgan fingerprint density at radius 1 is 0.429 bits per heavy atom. The molecule has 1 aromatic heterocycles. The second kappa shape index (κ2) is 15.4. The molecule has 0 radical (unpaired) electrons. The summed E-state index contributed by atoms with van der Waals surface area (Å²) >= 11 is 1.91. The van der Waals surface area contributed by atoms with Gasteiger partial charge in [0.15, 0.2) is 0 Å². The van der Waals surface area contributed by atoms with Crippen molar-refractivity contribution in [1.82, 2.24) is 0 Å². The van der Waals surface area contributed by atoms with Gasteiger partial charge in [0.25, 0.3) is 0 Å². The number of thiophene rings is 1. The van der Waals surface area contributed by atoms with Crippen LogP contribution in [0.3, 0.4) is 0 Å². The number of fused-ring (bicyclic) bond motifs is 6. The molecule has 0 aliphatic heterocycles. The van der Waals surface area contributed by atoms with E-state index in [0.717, 1.165) is 23.5 Å². The van der Waals surface area contributed by atoms with Crippen molar-refractivity contribution in [3.63, 3.8) is 0 Å². The van der Waals surface area contributed by atoms with Gasteiger partial charge < -0.3 is 4.90 Å². The van der Waals surface area contributed by atoms with Crippen molar-refractivity contribution in [2.45, 2.75) is 17.8 Å². The molecular formula is C61H43NS. The molecule has 10 aromatic rings. The van der Waals surface area contributed by atoms with Crippen LogP contribution in [0.25, 0.3) is 49.5 Å². The number of benzene rings is 9. The highest BCUT2D eigenvalue weighted by Crippen LogP contribution is 2.56. The van der Waals surface area contributed by atoms with Gasteiger partial charge in [-0.15, -0.1) is 11.3 Å². The molecule has 1 nitrogen and oxygen atoms in total. The quantitative estimate of drug-likeness (QED) is 0.148. The fraction of sp³-hybridized carbons (Fsp3) is 0.0492. The van der Waals surface area contributed by atoms with Gasteiger partial charge in [-0.3, -0.25) is 0 Å². The zero-order valence-corrected chi connectivity index (χ0v) is 35.6. The molecule has 0 saturated heterocycles. The molecule has 9 aromatic carbocycles. The minimum absolute atomic E-state index is 0.345. The summed E-state index contributed by atoms with van der Waals surface area (Å²) in [7, 11) is 0. The van der Waals surface area contributed by atoms with E-state index >= 15 is 0 Å². The first-order valence-electron chi connectivity index (χ1n) is 21.9. The van der Waals surface area contributed by atoms with Crippen LogP contribution in [0.15, 0.2) is 237 Å². The lowest BCUT2D eigenvalue weighted by Crippen LogP contribution is -2.28. The predicted molar refractivity (Wildman–Crippen MR) is 267 cm³/mol. The maximum atomic E-state index is 2.40. The second-order valence-corrected chi connectivity index (χ2v) is 17.9. The molecule has 2 heteroatoms. The summed E-state index contributed by atoms with van der Waals surface area (Å²) in [6, 6.07) is 85.0. The van der Waals surface area contributed by atoms with Crippen molar-refractivity contribution >= 4 is 44.6 Å². The molecule has 1 unspecified atom stereocenters. The Morgan fingerprint density at radius 3 is 1.71 bits per heavy atom. The van der Waals surface area contributed by atoms with Gasteiger partial charge in [-0.2, -0.15) is 0 Å². The third kappa shape index (κ3) is 6.29. The Hall–Kier alpha value is -7.52. The third-order valence-electron chi connectivity index (χ3n) is 13.3. The number of nitrogens with zero attached hydrogens (tertiary/aromatic N) is 1. The van der Waals surface area contributed by atoms with E-state index in [4.69, 9.17) is 0 Å². The number of hydrogen-bond donors (Lipinski definition) is 0. The molecule has 63 heavy (non-hydrogen) atoms. The lowest BCUT2D eigenvalue weighted by atomic mass is 9.68. The lowest BCUT2D eigenvalue weighted by molar-refractivity contribution is 0.768. The Kier molecular flexibility index (Phi) is 9.13. The molecule has 0 N–H and O–H groups in total. The van der Waals surface area contributed by atoms with Crippen molar-refractivity contribution in [3.8, 4) is 33.4 Å². The Morgan fingerprint density at radius 2 is 0.984 bits per heavy atom. The van der Waals surface area contributed by atoms with Crippen LogP contribution in [-0.2, 0) is 11.8 Å². The molecule has 0 saturated carbocycles. The minimum atomic E-state index is -0.450. The van der Waals surface area contributed by atoms with Crippen molar-refractivity contribution < 1.29 is 0 Å². The molecule has 1 heterocycles. The summed E-state index contributed by atoms with van der Waals surface area (Å²) in [6.07, 6.45) is 5.77. The fourth-order valence-corrected chi connectivity index (χ4v) is 11.6. The van der Waals surface area contributed by atoms with E-state index in [2.05, 4.69) is 248 Å². The van der Waals surface area contributed by atoms with E-state index in [1.54, 1.807) is 0 Å². The maximum absolute atomic E-state index is 2.40. The van der Waals surface area contributed by atoms with Gasteiger partial charge in [0.2, 0.25) is 0 Å². The maximum Gasteiger partial charge on any atom is 0.0713 e. The monoisotopic (exact) mass is 821 g/mol. The standard InChI is InChI=1S/C61H43NS/c1-3-15-42(16-4-1)46-19-14-22-52(40-46)62(50-34-29-43(30-35-50)44-17-13-18-45(39-44)47-31-38-60-56(41-47)55-25-9-12-28-59(55)63-60)51-36-32-49(33-37-51)61(48-20-5-2-6-21-48)57-26-10-7-23-53(57)54-24-8-11-27-58(54)61/h1-40,47H,41H2. The summed E-state index contributed by atoms with van der Waals surface area (Å²) in [4.78, 5) is 3.80. The Labute approximate surface area is 373 Å². The van der Waals surface area contributed by atoms with Crippen LogP contribution in [0.4, 0.5) is 17.1 Å². The van der Waals surface area contributed by atoms with Gasteiger partial charge >= 0.3 is 0 Å². The van der Waals surface area contributed by atoms with Gasteiger partial charge in [0.05, 0.1) is 5.41 Å². The Bertz CT molecular complexity index is 3260. The van der Waals surface area contributed by atoms with Crippen LogP contribution in [0.2, 0.25) is 0 Å². The van der Waals surface area contributed by atoms with Crippen LogP contribution < -0.4 is 4.90 Å². The molecule has 298 valence electrons. The minimum Gasteiger partial charge on any atom is -0.310 e. The van der Waals surface area contributed by atoms with Crippen LogP contribution in [-0.4, -0.2) is 0 Å². The van der Waals surface area contributed by atoms with Crippen LogP contribution in [0.5, 0.6) is 0 Å². The molecule has 1 atom stereocenters. The average molecular weight is 822 g/mol. The average Bonchev–Trinajstić information content (AvgIpc) is 3.89. The van der Waals surface area contributed by atoms with E-state index < -0.39 is 5.41 Å². The Balaban J connectivity index is 0.934. The van der Waals surface area contributed by atoms with Gasteiger partial charge in [0, 0.05) is 32.6 Å². The number of allylic oxidation sites excluding steroid dienone is 1. The van der Waals surface area contributed by atoms with Crippen molar-refractivity contribution in [2.24, 2.45) is 0 Å². The molecule has 0 amide bonds. The van der Waals surface area contributed by atoms with Crippen LogP contribution >= 0.6 is 11.3 Å². The zero-order valence-electron chi connectivity index (χ0n) is 34.7. The van der Waals surface area contributed by atoms with E-state index in [0.29, 0.717) is 5.92 Å². The zero-order chi connectivity index (χ0) is 41.7. The van der Waals surface area contributed by atoms with E-state index in [1.165, 1.54) is 81.7 Å². The molecule has 0 bridgehead atoms. The van der Waals surface area contributed by atoms with Crippen LogP contribution in [0, 0.1) is 0 Å². The summed E-state index contributed by atoms with van der Waals surface area (Å²) < 4.78 is 1.37. The van der Waals surface area contributed by atoms with E-state index in [-0.39, 0.29) is 0 Å². The van der Waals surface area contributed by atoms with Crippen molar-refractivity contribution in [1.29, 1.82) is 0 Å². The summed E-state index contributed by atoms with van der Waals surface area (Å²) in [5, 5.41) is 1.40. The highest BCUT2D eigenvalue weighted by Gasteiger charge is 2.45. The summed E-state index contributed by atoms with van der Waals surface area (Å²) in [5.74, 6) is 0.345. The number of hydrogen-bond acceptors (Lipinski definition) is 2. The number of rotatable bonds is 8. The smallest absolute Gasteiger partial charge is 0.0713 e. The van der Waals surface area contributed by atoms with Gasteiger partial charge in [-0.05, 0) is 127 Å². The van der Waals surface area contributed by atoms with Crippen molar-refractivity contribution in [3.05, 3.63) is 275 Å². The third-order valence-corrected chi connectivity index (χ3v) is 14.5. The molecular weight excluding hydrogens is 779 g/mol. The van der Waals surface area contributed by atoms with E-state index in [1.807, 2.05) is 11.3 Å². The molecule has 2 aliphatic carbocycles. The lowest BCUT2D eigenvalue weighted by Gasteiger charge is -2.34. The van der Waals surface area contributed by atoms with Crippen LogP contribution in [0.1, 0.15) is 44.2 Å². The van der Waals surface area contributed by atoms with Crippen molar-refractivity contribution in [2.75, 3.05) is 4.90 Å². The predicted octanol–water partition coefficient (Wildman–Crippen LogP) is 16.4. The largest absolute Gasteiger partial charge is 0.310 e.